The first-order valence-corrected chi connectivity index (χ1v) is 9.53. The number of nitrogens with zero attached hydrogens (tertiary/aromatic N) is 1. The smallest absolute Gasteiger partial charge is 0.231 e. The molecule has 6 nitrogen and oxygen atoms in total. The number of para-hydroxylation sites is 1. The summed E-state index contributed by atoms with van der Waals surface area (Å²) in [4.78, 5) is 38.5. The van der Waals surface area contributed by atoms with Crippen molar-refractivity contribution in [2.75, 3.05) is 15.5 Å². The number of carbonyl (C=O) groups excluding carboxylic acids is 3. The molecule has 3 atom stereocenters. The summed E-state index contributed by atoms with van der Waals surface area (Å²) < 4.78 is 0. The van der Waals surface area contributed by atoms with Crippen LogP contribution in [0.5, 0.6) is 0 Å². The Morgan fingerprint density at radius 1 is 0.929 bits per heavy atom. The van der Waals surface area contributed by atoms with E-state index in [-0.39, 0.29) is 35.6 Å². The van der Waals surface area contributed by atoms with E-state index in [0.29, 0.717) is 17.8 Å². The highest BCUT2D eigenvalue weighted by Crippen LogP contribution is 2.44. The predicted octanol–water partition coefficient (Wildman–Crippen LogP) is 3.20. The van der Waals surface area contributed by atoms with E-state index in [2.05, 4.69) is 16.7 Å². The van der Waals surface area contributed by atoms with Crippen LogP contribution in [-0.4, -0.2) is 23.8 Å². The topological polar surface area (TPSA) is 78.5 Å². The van der Waals surface area contributed by atoms with Crippen molar-refractivity contribution in [2.45, 2.75) is 32.7 Å². The highest BCUT2D eigenvalue weighted by atomic mass is 16.2. The van der Waals surface area contributed by atoms with Crippen molar-refractivity contribution in [1.82, 2.24) is 0 Å². The van der Waals surface area contributed by atoms with Gasteiger partial charge >= 0.3 is 0 Å². The Kier molecular flexibility index (Phi) is 4.63. The average molecular weight is 377 g/mol. The minimum absolute atomic E-state index is 0.0404. The monoisotopic (exact) mass is 377 g/mol. The molecule has 0 saturated heterocycles. The van der Waals surface area contributed by atoms with Crippen LogP contribution in [0, 0.1) is 11.8 Å². The van der Waals surface area contributed by atoms with Gasteiger partial charge in [-0.3, -0.25) is 14.4 Å². The van der Waals surface area contributed by atoms with Gasteiger partial charge in [0.2, 0.25) is 17.7 Å². The van der Waals surface area contributed by atoms with E-state index in [1.165, 1.54) is 12.5 Å². The van der Waals surface area contributed by atoms with Gasteiger partial charge in [-0.2, -0.15) is 0 Å². The molecule has 3 amide bonds. The molecule has 144 valence electrons. The van der Waals surface area contributed by atoms with E-state index in [1.807, 2.05) is 30.0 Å². The minimum Gasteiger partial charge on any atom is -0.326 e. The Bertz CT molecular complexity index is 938. The standard InChI is InChI=1S/C22H23N3O3/c1-13-11-15-5-3-4-6-20(15)25(13)22(28)19-12-18(19)21(27)24-17-9-7-16(8-10-17)23-14(2)26/h3-10,13,18-19H,11-12H2,1-2H3,(H,23,26)(H,24,27). The third-order valence-electron chi connectivity index (χ3n) is 5.36. The largest absolute Gasteiger partial charge is 0.326 e. The molecule has 1 aliphatic carbocycles. The Labute approximate surface area is 163 Å². The summed E-state index contributed by atoms with van der Waals surface area (Å²) in [5.74, 6) is -0.784. The van der Waals surface area contributed by atoms with Crippen molar-refractivity contribution < 1.29 is 14.4 Å². The van der Waals surface area contributed by atoms with E-state index >= 15 is 0 Å². The Hall–Kier alpha value is -3.15. The lowest BCUT2D eigenvalue weighted by Gasteiger charge is -2.23. The summed E-state index contributed by atoms with van der Waals surface area (Å²) in [6.07, 6.45) is 1.44. The van der Waals surface area contributed by atoms with Gasteiger partial charge in [0.15, 0.2) is 0 Å². The number of carbonyl (C=O) groups is 3. The second kappa shape index (κ2) is 7.11. The van der Waals surface area contributed by atoms with Gasteiger partial charge in [0.1, 0.15) is 0 Å². The summed E-state index contributed by atoms with van der Waals surface area (Å²) in [5.41, 5.74) is 3.48. The lowest BCUT2D eigenvalue weighted by Crippen LogP contribution is -2.37. The Balaban J connectivity index is 1.38. The molecule has 0 bridgehead atoms. The number of nitrogens with one attached hydrogen (secondary N) is 2. The van der Waals surface area contributed by atoms with Crippen molar-refractivity contribution in [3.8, 4) is 0 Å². The molecule has 1 saturated carbocycles. The van der Waals surface area contributed by atoms with Crippen LogP contribution in [0.4, 0.5) is 17.1 Å². The molecule has 2 N–H and O–H groups in total. The van der Waals surface area contributed by atoms with Crippen LogP contribution in [0.1, 0.15) is 25.8 Å². The Morgan fingerprint density at radius 2 is 1.57 bits per heavy atom. The van der Waals surface area contributed by atoms with Crippen LogP contribution < -0.4 is 15.5 Å². The summed E-state index contributed by atoms with van der Waals surface area (Å²) in [6.45, 7) is 3.49. The maximum Gasteiger partial charge on any atom is 0.231 e. The fourth-order valence-corrected chi connectivity index (χ4v) is 3.91. The SMILES string of the molecule is CC(=O)Nc1ccc(NC(=O)C2CC2C(=O)N2c3ccccc3CC2C)cc1. The van der Waals surface area contributed by atoms with E-state index in [9.17, 15) is 14.4 Å². The molecule has 28 heavy (non-hydrogen) atoms. The van der Waals surface area contributed by atoms with Gasteiger partial charge in [-0.1, -0.05) is 18.2 Å². The minimum atomic E-state index is -0.289. The van der Waals surface area contributed by atoms with Gasteiger partial charge in [-0.25, -0.2) is 0 Å². The number of hydrogen-bond acceptors (Lipinski definition) is 3. The quantitative estimate of drug-likeness (QED) is 0.859. The molecule has 6 heteroatoms. The molecule has 2 aromatic rings. The predicted molar refractivity (Wildman–Crippen MR) is 108 cm³/mol. The zero-order valence-corrected chi connectivity index (χ0v) is 15.9. The summed E-state index contributed by atoms with van der Waals surface area (Å²) in [6, 6.07) is 15.0. The van der Waals surface area contributed by atoms with Crippen LogP contribution in [0.25, 0.3) is 0 Å². The van der Waals surface area contributed by atoms with Crippen molar-refractivity contribution in [3.05, 3.63) is 54.1 Å². The molecular formula is C22H23N3O3. The number of amides is 3. The molecule has 2 aliphatic rings. The van der Waals surface area contributed by atoms with Crippen LogP contribution in [0.2, 0.25) is 0 Å². The van der Waals surface area contributed by atoms with E-state index in [4.69, 9.17) is 0 Å². The first-order chi connectivity index (χ1) is 13.4. The molecule has 0 aromatic heterocycles. The molecule has 2 aromatic carbocycles. The van der Waals surface area contributed by atoms with Crippen molar-refractivity contribution >= 4 is 34.8 Å². The summed E-state index contributed by atoms with van der Waals surface area (Å²) >= 11 is 0. The second-order valence-corrected chi connectivity index (χ2v) is 7.59. The number of anilines is 3. The third kappa shape index (κ3) is 3.50. The molecule has 4 rings (SSSR count). The second-order valence-electron chi connectivity index (χ2n) is 7.59. The maximum atomic E-state index is 13.0. The first-order valence-electron chi connectivity index (χ1n) is 9.53. The third-order valence-corrected chi connectivity index (χ3v) is 5.36. The zero-order valence-electron chi connectivity index (χ0n) is 15.9. The normalized spacial score (nSPS) is 22.4. The molecule has 0 spiro atoms. The number of benzene rings is 2. The highest BCUT2D eigenvalue weighted by molar-refractivity contribution is 6.05. The van der Waals surface area contributed by atoms with E-state index in [0.717, 1.165) is 12.1 Å². The number of hydrogen-bond donors (Lipinski definition) is 2. The van der Waals surface area contributed by atoms with Gasteiger partial charge in [0.05, 0.1) is 11.8 Å². The van der Waals surface area contributed by atoms with Crippen LogP contribution in [-0.2, 0) is 20.8 Å². The van der Waals surface area contributed by atoms with Gasteiger partial charge < -0.3 is 15.5 Å². The lowest BCUT2D eigenvalue weighted by molar-refractivity contribution is -0.123. The maximum absolute atomic E-state index is 13.0. The first kappa shape index (κ1) is 18.2. The summed E-state index contributed by atoms with van der Waals surface area (Å²) in [5, 5.41) is 5.55. The number of fused-ring (bicyclic) bond motifs is 1. The van der Waals surface area contributed by atoms with Gasteiger partial charge in [-0.05, 0) is 55.7 Å². The van der Waals surface area contributed by atoms with Crippen LogP contribution in [0.15, 0.2) is 48.5 Å². The lowest BCUT2D eigenvalue weighted by atomic mass is 10.1. The van der Waals surface area contributed by atoms with Gasteiger partial charge in [-0.15, -0.1) is 0 Å². The average Bonchev–Trinajstić information content (AvgIpc) is 3.39. The Morgan fingerprint density at radius 3 is 2.25 bits per heavy atom. The fourth-order valence-electron chi connectivity index (χ4n) is 3.91. The van der Waals surface area contributed by atoms with Crippen molar-refractivity contribution in [3.63, 3.8) is 0 Å². The molecule has 1 heterocycles. The van der Waals surface area contributed by atoms with E-state index < -0.39 is 0 Å². The van der Waals surface area contributed by atoms with Gasteiger partial charge in [0.25, 0.3) is 0 Å². The molecule has 1 aliphatic heterocycles. The van der Waals surface area contributed by atoms with E-state index in [1.54, 1.807) is 24.3 Å². The molecule has 0 radical (unpaired) electrons. The van der Waals surface area contributed by atoms with Crippen LogP contribution >= 0.6 is 0 Å². The summed E-state index contributed by atoms with van der Waals surface area (Å²) in [7, 11) is 0. The molecule has 1 fully saturated rings. The fraction of sp³-hybridized carbons (Fsp3) is 0.318. The van der Waals surface area contributed by atoms with Crippen molar-refractivity contribution in [2.24, 2.45) is 11.8 Å². The zero-order chi connectivity index (χ0) is 19.8. The number of rotatable bonds is 4. The molecule has 3 unspecified atom stereocenters. The van der Waals surface area contributed by atoms with Gasteiger partial charge in [0, 0.05) is 30.0 Å². The van der Waals surface area contributed by atoms with Crippen LogP contribution in [0.3, 0.4) is 0 Å². The van der Waals surface area contributed by atoms with Crippen molar-refractivity contribution in [1.29, 1.82) is 0 Å². The molecular weight excluding hydrogens is 354 g/mol. The highest BCUT2D eigenvalue weighted by Gasteiger charge is 2.51.